The van der Waals surface area contributed by atoms with Crippen LogP contribution in [0.1, 0.15) is 16.7 Å². The molecule has 2 nitrogen and oxygen atoms in total. The monoisotopic (exact) mass is 511 g/mol. The fourth-order valence-corrected chi connectivity index (χ4v) is 4.19. The van der Waals surface area contributed by atoms with Crippen molar-refractivity contribution >= 4 is 49.1 Å². The van der Waals surface area contributed by atoms with E-state index in [4.69, 9.17) is 16.3 Å². The number of ether oxygens (including phenoxy) is 1. The van der Waals surface area contributed by atoms with E-state index in [-0.39, 0.29) is 5.02 Å². The average molecular weight is 514 g/mol. The van der Waals surface area contributed by atoms with E-state index in [1.807, 2.05) is 12.1 Å². The molecule has 0 radical (unpaired) electrons. The van der Waals surface area contributed by atoms with Crippen molar-refractivity contribution in [2.75, 3.05) is 5.32 Å². The van der Waals surface area contributed by atoms with Crippen molar-refractivity contribution in [2.45, 2.75) is 20.1 Å². The summed E-state index contributed by atoms with van der Waals surface area (Å²) in [5, 5.41) is 3.33. The van der Waals surface area contributed by atoms with E-state index in [1.165, 1.54) is 11.6 Å². The molecular weight excluding hydrogens is 496 g/mol. The highest BCUT2D eigenvalue weighted by atomic mass is 79.9. The standard InChI is InChI=1S/C21H17Br2ClFNO/c1-13-2-4-14(5-3-13)12-27-21-17(22)8-15(9-18(21)23)11-26-16-6-7-20(25)19(24)10-16/h2-10,26H,11-12H2,1H3. The predicted molar refractivity (Wildman–Crippen MR) is 116 cm³/mol. The highest BCUT2D eigenvalue weighted by Gasteiger charge is 2.10. The van der Waals surface area contributed by atoms with Gasteiger partial charge in [0.1, 0.15) is 18.2 Å². The Hall–Kier alpha value is -1.56. The van der Waals surface area contributed by atoms with Crippen molar-refractivity contribution in [3.8, 4) is 5.75 Å². The van der Waals surface area contributed by atoms with Gasteiger partial charge < -0.3 is 10.1 Å². The van der Waals surface area contributed by atoms with E-state index < -0.39 is 5.82 Å². The molecular formula is C21H17Br2ClFNO. The minimum atomic E-state index is -0.428. The maximum absolute atomic E-state index is 13.2. The van der Waals surface area contributed by atoms with Gasteiger partial charge in [-0.1, -0.05) is 41.4 Å². The lowest BCUT2D eigenvalue weighted by atomic mass is 10.2. The van der Waals surface area contributed by atoms with Gasteiger partial charge in [-0.05, 0) is 80.2 Å². The number of hydrogen-bond acceptors (Lipinski definition) is 2. The van der Waals surface area contributed by atoms with Gasteiger partial charge in [0.15, 0.2) is 0 Å². The molecule has 0 fully saturated rings. The van der Waals surface area contributed by atoms with E-state index >= 15 is 0 Å². The van der Waals surface area contributed by atoms with Gasteiger partial charge in [0.25, 0.3) is 0 Å². The Balaban J connectivity index is 1.66. The van der Waals surface area contributed by atoms with Gasteiger partial charge in [0, 0.05) is 12.2 Å². The van der Waals surface area contributed by atoms with Crippen LogP contribution in [0.4, 0.5) is 10.1 Å². The van der Waals surface area contributed by atoms with Crippen LogP contribution in [0, 0.1) is 12.7 Å². The fraction of sp³-hybridized carbons (Fsp3) is 0.143. The van der Waals surface area contributed by atoms with Crippen LogP contribution in [0.3, 0.4) is 0 Å². The number of anilines is 1. The Labute approximate surface area is 180 Å². The molecule has 0 spiro atoms. The normalized spacial score (nSPS) is 10.7. The molecule has 1 N–H and O–H groups in total. The summed E-state index contributed by atoms with van der Waals surface area (Å²) in [6.07, 6.45) is 0. The summed E-state index contributed by atoms with van der Waals surface area (Å²) in [6, 6.07) is 16.8. The summed E-state index contributed by atoms with van der Waals surface area (Å²) in [7, 11) is 0. The van der Waals surface area contributed by atoms with Crippen molar-refractivity contribution in [3.05, 3.63) is 91.1 Å². The quantitative estimate of drug-likeness (QED) is 0.368. The van der Waals surface area contributed by atoms with Gasteiger partial charge in [0.2, 0.25) is 0 Å². The van der Waals surface area contributed by atoms with Gasteiger partial charge >= 0.3 is 0 Å². The van der Waals surface area contributed by atoms with Gasteiger partial charge in [-0.2, -0.15) is 0 Å². The van der Waals surface area contributed by atoms with Crippen LogP contribution < -0.4 is 10.1 Å². The largest absolute Gasteiger partial charge is 0.487 e. The number of rotatable bonds is 6. The zero-order valence-corrected chi connectivity index (χ0v) is 18.5. The number of nitrogens with one attached hydrogen (secondary N) is 1. The molecule has 0 heterocycles. The van der Waals surface area contributed by atoms with Crippen LogP contribution in [0.25, 0.3) is 0 Å². The lowest BCUT2D eigenvalue weighted by molar-refractivity contribution is 0.302. The molecule has 0 unspecified atom stereocenters. The first-order valence-electron chi connectivity index (χ1n) is 8.27. The van der Waals surface area contributed by atoms with Crippen LogP contribution in [-0.4, -0.2) is 0 Å². The van der Waals surface area contributed by atoms with Crippen molar-refractivity contribution in [2.24, 2.45) is 0 Å². The summed E-state index contributed by atoms with van der Waals surface area (Å²) in [5.41, 5.74) is 4.13. The Morgan fingerprint density at radius 1 is 0.963 bits per heavy atom. The molecule has 0 aliphatic carbocycles. The summed E-state index contributed by atoms with van der Waals surface area (Å²) in [6.45, 7) is 3.12. The second kappa shape index (κ2) is 9.09. The third-order valence-electron chi connectivity index (χ3n) is 3.98. The smallest absolute Gasteiger partial charge is 0.148 e. The predicted octanol–water partition coefficient (Wildman–Crippen LogP) is 7.50. The summed E-state index contributed by atoms with van der Waals surface area (Å²) < 4.78 is 20.9. The number of aryl methyl sites for hydroxylation is 1. The van der Waals surface area contributed by atoms with Crippen molar-refractivity contribution in [3.63, 3.8) is 0 Å². The van der Waals surface area contributed by atoms with Crippen LogP contribution in [-0.2, 0) is 13.2 Å². The highest BCUT2D eigenvalue weighted by molar-refractivity contribution is 9.11. The summed E-state index contributed by atoms with van der Waals surface area (Å²) in [4.78, 5) is 0. The molecule has 0 atom stereocenters. The van der Waals surface area contributed by atoms with E-state index in [2.05, 4.69) is 68.4 Å². The van der Waals surface area contributed by atoms with E-state index in [1.54, 1.807) is 12.1 Å². The first-order chi connectivity index (χ1) is 12.9. The van der Waals surface area contributed by atoms with Crippen LogP contribution >= 0.6 is 43.5 Å². The first kappa shape index (κ1) is 20.2. The molecule has 0 saturated carbocycles. The van der Waals surface area contributed by atoms with E-state index in [0.717, 1.165) is 31.5 Å². The molecule has 3 aromatic carbocycles. The summed E-state index contributed by atoms with van der Waals surface area (Å²) in [5.74, 6) is 0.326. The average Bonchev–Trinajstić information content (AvgIpc) is 2.63. The number of benzene rings is 3. The van der Waals surface area contributed by atoms with Gasteiger partial charge in [-0.25, -0.2) is 4.39 Å². The second-order valence-corrected chi connectivity index (χ2v) is 8.26. The van der Waals surface area contributed by atoms with Crippen molar-refractivity contribution < 1.29 is 9.13 Å². The first-order valence-corrected chi connectivity index (χ1v) is 10.2. The Morgan fingerprint density at radius 3 is 2.26 bits per heavy atom. The van der Waals surface area contributed by atoms with Crippen molar-refractivity contribution in [1.29, 1.82) is 0 Å². The lowest BCUT2D eigenvalue weighted by Gasteiger charge is -2.13. The zero-order chi connectivity index (χ0) is 19.4. The van der Waals surface area contributed by atoms with Gasteiger partial charge in [-0.15, -0.1) is 0 Å². The number of hydrogen-bond donors (Lipinski definition) is 1. The molecule has 0 amide bonds. The molecule has 6 heteroatoms. The minimum Gasteiger partial charge on any atom is -0.487 e. The maximum atomic E-state index is 13.2. The summed E-state index contributed by atoms with van der Waals surface area (Å²) >= 11 is 13.0. The third-order valence-corrected chi connectivity index (χ3v) is 5.45. The molecule has 3 rings (SSSR count). The molecule has 3 aromatic rings. The van der Waals surface area contributed by atoms with Crippen molar-refractivity contribution in [1.82, 2.24) is 0 Å². The lowest BCUT2D eigenvalue weighted by Crippen LogP contribution is -2.02. The second-order valence-electron chi connectivity index (χ2n) is 6.15. The maximum Gasteiger partial charge on any atom is 0.148 e. The van der Waals surface area contributed by atoms with Crippen LogP contribution in [0.2, 0.25) is 5.02 Å². The van der Waals surface area contributed by atoms with Crippen LogP contribution in [0.5, 0.6) is 5.75 Å². The minimum absolute atomic E-state index is 0.0993. The molecule has 0 aromatic heterocycles. The fourth-order valence-electron chi connectivity index (χ4n) is 2.50. The molecule has 0 bridgehead atoms. The number of halogens is 4. The molecule has 0 aliphatic heterocycles. The Kier molecular flexibility index (Phi) is 6.79. The SMILES string of the molecule is Cc1ccc(COc2c(Br)cc(CNc3ccc(F)c(Cl)c3)cc2Br)cc1. The topological polar surface area (TPSA) is 21.3 Å². The Morgan fingerprint density at radius 2 is 1.63 bits per heavy atom. The van der Waals surface area contributed by atoms with E-state index in [9.17, 15) is 4.39 Å². The van der Waals surface area contributed by atoms with Gasteiger partial charge in [0.05, 0.1) is 14.0 Å². The highest BCUT2D eigenvalue weighted by Crippen LogP contribution is 2.35. The zero-order valence-electron chi connectivity index (χ0n) is 14.5. The van der Waals surface area contributed by atoms with Gasteiger partial charge in [-0.3, -0.25) is 0 Å². The molecule has 27 heavy (non-hydrogen) atoms. The molecule has 0 aliphatic rings. The van der Waals surface area contributed by atoms with Crippen LogP contribution in [0.15, 0.2) is 63.5 Å². The third kappa shape index (κ3) is 5.47. The molecule has 0 saturated heterocycles. The Bertz CT molecular complexity index is 924. The molecule has 140 valence electrons. The van der Waals surface area contributed by atoms with E-state index in [0.29, 0.717) is 13.2 Å².